The molecule has 1 aromatic rings. The van der Waals surface area contributed by atoms with Gasteiger partial charge in [-0.1, -0.05) is 0 Å². The molecule has 0 aliphatic heterocycles. The molecule has 1 amide bonds. The van der Waals surface area contributed by atoms with Gasteiger partial charge in [-0.25, -0.2) is 0 Å². The molecule has 0 heterocycles. The van der Waals surface area contributed by atoms with E-state index in [-0.39, 0.29) is 17.2 Å². The van der Waals surface area contributed by atoms with Gasteiger partial charge in [0, 0.05) is 10.9 Å². The summed E-state index contributed by atoms with van der Waals surface area (Å²) in [6, 6.07) is 7.90. The molecule has 17 heavy (non-hydrogen) atoms. The van der Waals surface area contributed by atoms with Crippen LogP contribution in [0.3, 0.4) is 0 Å². The van der Waals surface area contributed by atoms with Crippen molar-refractivity contribution in [3.63, 3.8) is 0 Å². The zero-order valence-corrected chi connectivity index (χ0v) is 11.5. The molecular formula is C13H19NO2S. The minimum atomic E-state index is -0.0919. The van der Waals surface area contributed by atoms with E-state index in [1.807, 2.05) is 45.0 Å². The molecule has 0 radical (unpaired) electrons. The summed E-state index contributed by atoms with van der Waals surface area (Å²) in [6.45, 7) is 5.83. The number of amides is 1. The van der Waals surface area contributed by atoms with Crippen LogP contribution in [0.1, 0.15) is 20.8 Å². The molecule has 1 N–H and O–H groups in total. The first-order chi connectivity index (χ1) is 8.02. The van der Waals surface area contributed by atoms with Crippen LogP contribution < -0.4 is 10.1 Å². The predicted molar refractivity (Wildman–Crippen MR) is 71.6 cm³/mol. The molecule has 0 saturated heterocycles. The van der Waals surface area contributed by atoms with Crippen molar-refractivity contribution in [2.45, 2.75) is 37.0 Å². The van der Waals surface area contributed by atoms with E-state index in [2.05, 4.69) is 5.32 Å². The van der Waals surface area contributed by atoms with Crippen LogP contribution in [0.25, 0.3) is 0 Å². The zero-order valence-electron chi connectivity index (χ0n) is 10.7. The van der Waals surface area contributed by atoms with Gasteiger partial charge >= 0.3 is 0 Å². The summed E-state index contributed by atoms with van der Waals surface area (Å²) >= 11 is 1.55. The van der Waals surface area contributed by atoms with E-state index in [1.165, 1.54) is 0 Å². The van der Waals surface area contributed by atoms with Crippen LogP contribution in [0, 0.1) is 0 Å². The van der Waals surface area contributed by atoms with Crippen molar-refractivity contribution < 1.29 is 9.53 Å². The maximum absolute atomic E-state index is 11.7. The fourth-order valence-electron chi connectivity index (χ4n) is 1.31. The quantitative estimate of drug-likeness (QED) is 0.820. The van der Waals surface area contributed by atoms with Gasteiger partial charge in [0.05, 0.1) is 12.4 Å². The minimum absolute atomic E-state index is 0.0702. The molecular weight excluding hydrogens is 234 g/mol. The number of carbonyl (C=O) groups excluding carboxylic acids is 1. The molecule has 0 bridgehead atoms. The first-order valence-electron chi connectivity index (χ1n) is 5.64. The largest absolute Gasteiger partial charge is 0.497 e. The molecule has 1 aromatic carbocycles. The third kappa shape index (κ3) is 4.69. The van der Waals surface area contributed by atoms with Gasteiger partial charge < -0.3 is 10.1 Å². The smallest absolute Gasteiger partial charge is 0.233 e. The lowest BCUT2D eigenvalue weighted by Crippen LogP contribution is -2.35. The summed E-state index contributed by atoms with van der Waals surface area (Å²) in [4.78, 5) is 12.8. The van der Waals surface area contributed by atoms with E-state index in [0.717, 1.165) is 10.6 Å². The van der Waals surface area contributed by atoms with Crippen LogP contribution in [-0.4, -0.2) is 24.3 Å². The van der Waals surface area contributed by atoms with Gasteiger partial charge in [0.2, 0.25) is 5.91 Å². The van der Waals surface area contributed by atoms with Crippen molar-refractivity contribution in [2.75, 3.05) is 7.11 Å². The van der Waals surface area contributed by atoms with E-state index in [9.17, 15) is 4.79 Å². The van der Waals surface area contributed by atoms with Crippen LogP contribution in [0.2, 0.25) is 0 Å². The maximum Gasteiger partial charge on any atom is 0.233 e. The molecule has 0 aromatic heterocycles. The van der Waals surface area contributed by atoms with Crippen molar-refractivity contribution in [3.05, 3.63) is 24.3 Å². The number of ether oxygens (including phenoxy) is 1. The number of carbonyl (C=O) groups is 1. The average Bonchev–Trinajstić information content (AvgIpc) is 2.29. The molecule has 0 spiro atoms. The van der Waals surface area contributed by atoms with E-state index in [0.29, 0.717) is 0 Å². The Bertz CT molecular complexity index is 362. The van der Waals surface area contributed by atoms with Crippen molar-refractivity contribution >= 4 is 17.7 Å². The first kappa shape index (κ1) is 13.9. The fourth-order valence-corrected chi connectivity index (χ4v) is 2.19. The Hall–Kier alpha value is -1.16. The van der Waals surface area contributed by atoms with E-state index in [4.69, 9.17) is 4.74 Å². The highest BCUT2D eigenvalue weighted by Gasteiger charge is 2.14. The van der Waals surface area contributed by atoms with Crippen LogP contribution in [0.4, 0.5) is 0 Å². The van der Waals surface area contributed by atoms with Gasteiger partial charge in [-0.05, 0) is 45.0 Å². The molecule has 4 heteroatoms. The summed E-state index contributed by atoms with van der Waals surface area (Å²) in [6.07, 6.45) is 0. The number of hydrogen-bond acceptors (Lipinski definition) is 3. The highest BCUT2D eigenvalue weighted by molar-refractivity contribution is 8.00. The summed E-state index contributed by atoms with van der Waals surface area (Å²) in [5.41, 5.74) is 0. The van der Waals surface area contributed by atoms with Gasteiger partial charge in [0.25, 0.3) is 0 Å². The Labute approximate surface area is 107 Å². The molecule has 0 saturated carbocycles. The number of rotatable bonds is 5. The highest BCUT2D eigenvalue weighted by Crippen LogP contribution is 2.25. The Morgan fingerprint density at radius 1 is 1.24 bits per heavy atom. The second-order valence-corrected chi connectivity index (χ2v) is 5.51. The third-order valence-electron chi connectivity index (χ3n) is 2.17. The number of thioether (sulfide) groups is 1. The van der Waals surface area contributed by atoms with Crippen LogP contribution >= 0.6 is 11.8 Å². The summed E-state index contributed by atoms with van der Waals surface area (Å²) < 4.78 is 5.09. The fraction of sp³-hybridized carbons (Fsp3) is 0.462. The highest BCUT2D eigenvalue weighted by atomic mass is 32.2. The Morgan fingerprint density at radius 2 is 1.82 bits per heavy atom. The van der Waals surface area contributed by atoms with E-state index >= 15 is 0 Å². The summed E-state index contributed by atoms with van der Waals surface area (Å²) in [7, 11) is 1.64. The monoisotopic (exact) mass is 253 g/mol. The van der Waals surface area contributed by atoms with Crippen LogP contribution in [0.15, 0.2) is 29.2 Å². The van der Waals surface area contributed by atoms with Crippen LogP contribution in [-0.2, 0) is 4.79 Å². The molecule has 0 fully saturated rings. The molecule has 1 rings (SSSR count). The lowest BCUT2D eigenvalue weighted by molar-refractivity contribution is -0.120. The second kappa shape index (κ2) is 6.55. The normalized spacial score (nSPS) is 12.3. The summed E-state index contributed by atoms with van der Waals surface area (Å²) in [5.74, 6) is 0.898. The maximum atomic E-state index is 11.7. The molecule has 0 unspecified atom stereocenters. The third-order valence-corrected chi connectivity index (χ3v) is 3.28. The van der Waals surface area contributed by atoms with Gasteiger partial charge in [-0.2, -0.15) is 0 Å². The van der Waals surface area contributed by atoms with E-state index < -0.39 is 0 Å². The Balaban J connectivity index is 2.55. The minimum Gasteiger partial charge on any atom is -0.497 e. The number of nitrogens with one attached hydrogen (secondary N) is 1. The van der Waals surface area contributed by atoms with Gasteiger partial charge in [-0.3, -0.25) is 4.79 Å². The van der Waals surface area contributed by atoms with Crippen molar-refractivity contribution in [3.8, 4) is 5.75 Å². The Morgan fingerprint density at radius 3 is 2.29 bits per heavy atom. The topological polar surface area (TPSA) is 38.3 Å². The van der Waals surface area contributed by atoms with Crippen LogP contribution in [0.5, 0.6) is 5.75 Å². The zero-order chi connectivity index (χ0) is 12.8. The molecule has 0 aliphatic carbocycles. The van der Waals surface area contributed by atoms with Gasteiger partial charge in [0.15, 0.2) is 0 Å². The lowest BCUT2D eigenvalue weighted by atomic mass is 10.3. The van der Waals surface area contributed by atoms with Gasteiger partial charge in [0.1, 0.15) is 5.75 Å². The van der Waals surface area contributed by atoms with Gasteiger partial charge in [-0.15, -0.1) is 11.8 Å². The van der Waals surface area contributed by atoms with Crippen molar-refractivity contribution in [1.82, 2.24) is 5.32 Å². The molecule has 94 valence electrons. The SMILES string of the molecule is COc1ccc(S[C@@H](C)C(=O)NC(C)C)cc1. The van der Waals surface area contributed by atoms with Crippen molar-refractivity contribution in [2.24, 2.45) is 0 Å². The second-order valence-electron chi connectivity index (χ2n) is 4.10. The lowest BCUT2D eigenvalue weighted by Gasteiger charge is -2.14. The molecule has 3 nitrogen and oxygen atoms in total. The van der Waals surface area contributed by atoms with Crippen molar-refractivity contribution in [1.29, 1.82) is 0 Å². The number of hydrogen-bond donors (Lipinski definition) is 1. The van der Waals surface area contributed by atoms with E-state index in [1.54, 1.807) is 18.9 Å². The average molecular weight is 253 g/mol. The molecule has 1 atom stereocenters. The molecule has 0 aliphatic rings. The first-order valence-corrected chi connectivity index (χ1v) is 6.52. The standard InChI is InChI=1S/C13H19NO2S/c1-9(2)14-13(15)10(3)17-12-7-5-11(16-4)6-8-12/h5-10H,1-4H3,(H,14,15)/t10-/m0/s1. The number of benzene rings is 1. The number of methoxy groups -OCH3 is 1. The predicted octanol–water partition coefficient (Wildman–Crippen LogP) is 2.70. The Kier molecular flexibility index (Phi) is 5.35. The summed E-state index contributed by atoms with van der Waals surface area (Å²) in [5, 5.41) is 2.81.